The summed E-state index contributed by atoms with van der Waals surface area (Å²) in [6.07, 6.45) is -3.55. The first kappa shape index (κ1) is 13.0. The number of nitrogens with one attached hydrogen (secondary N) is 1. The maximum absolute atomic E-state index is 12.2. The van der Waals surface area contributed by atoms with E-state index in [-0.39, 0.29) is 11.7 Å². The Morgan fingerprint density at radius 1 is 1.30 bits per heavy atom. The molecule has 0 spiro atoms. The quantitative estimate of drug-likeness (QED) is 0.919. The molecule has 0 saturated carbocycles. The number of anilines is 1. The predicted molar refractivity (Wildman–Crippen MR) is 66.3 cm³/mol. The number of halogens is 3. The van der Waals surface area contributed by atoms with Crippen LogP contribution in [0.15, 0.2) is 22.7 Å². The Morgan fingerprint density at radius 2 is 2.15 bits per heavy atom. The molecule has 2 heterocycles. The molecule has 7 heteroatoms. The first-order valence-corrected chi connectivity index (χ1v) is 6.28. The molecule has 0 aliphatic carbocycles. The van der Waals surface area contributed by atoms with Crippen molar-refractivity contribution in [3.63, 3.8) is 0 Å². The lowest BCUT2D eigenvalue weighted by Crippen LogP contribution is -2.12. The third kappa shape index (κ3) is 2.76. The standard InChI is InChI=1S/C13H12F3N3O/c14-13(15,16)7-11-18-12(20-19-11)9-3-4-10-8(6-9)2-1-5-17-10/h3-4,6,17H,1-2,5,7H2. The fraction of sp³-hybridized carbons (Fsp3) is 0.385. The van der Waals surface area contributed by atoms with Gasteiger partial charge in [-0.1, -0.05) is 5.16 Å². The van der Waals surface area contributed by atoms with E-state index in [1.807, 2.05) is 12.1 Å². The number of benzene rings is 1. The Hall–Kier alpha value is -2.05. The summed E-state index contributed by atoms with van der Waals surface area (Å²) in [5.41, 5.74) is 2.81. The Bertz CT molecular complexity index is 622. The first-order valence-electron chi connectivity index (χ1n) is 6.28. The van der Waals surface area contributed by atoms with Crippen LogP contribution in [0, 0.1) is 0 Å². The van der Waals surface area contributed by atoms with Crippen molar-refractivity contribution >= 4 is 5.69 Å². The summed E-state index contributed by atoms with van der Waals surface area (Å²) in [6, 6.07) is 5.53. The average Bonchev–Trinajstić information content (AvgIpc) is 2.84. The molecule has 1 N–H and O–H groups in total. The van der Waals surface area contributed by atoms with E-state index in [0.717, 1.165) is 30.6 Å². The second kappa shape index (κ2) is 4.81. The van der Waals surface area contributed by atoms with Crippen LogP contribution >= 0.6 is 0 Å². The van der Waals surface area contributed by atoms with E-state index < -0.39 is 12.6 Å². The molecule has 106 valence electrons. The number of hydrogen-bond donors (Lipinski definition) is 1. The lowest BCUT2D eigenvalue weighted by atomic mass is 10.0. The second-order valence-corrected chi connectivity index (χ2v) is 4.71. The van der Waals surface area contributed by atoms with Crippen LogP contribution in [-0.2, 0) is 12.8 Å². The van der Waals surface area contributed by atoms with Gasteiger partial charge in [0, 0.05) is 17.8 Å². The lowest BCUT2D eigenvalue weighted by molar-refractivity contribution is -0.128. The molecule has 3 rings (SSSR count). The maximum atomic E-state index is 12.2. The molecule has 1 aromatic carbocycles. The zero-order chi connectivity index (χ0) is 14.2. The molecule has 2 aromatic rings. The van der Waals surface area contributed by atoms with Gasteiger partial charge in [-0.25, -0.2) is 0 Å². The van der Waals surface area contributed by atoms with Crippen molar-refractivity contribution in [2.24, 2.45) is 0 Å². The van der Waals surface area contributed by atoms with E-state index in [0.29, 0.717) is 5.56 Å². The van der Waals surface area contributed by atoms with Crippen LogP contribution in [0.2, 0.25) is 0 Å². The molecule has 0 fully saturated rings. The summed E-state index contributed by atoms with van der Waals surface area (Å²) in [6.45, 7) is 0.933. The lowest BCUT2D eigenvalue weighted by Gasteiger charge is -2.17. The van der Waals surface area contributed by atoms with Gasteiger partial charge in [-0.15, -0.1) is 0 Å². The molecule has 4 nitrogen and oxygen atoms in total. The molecule has 0 unspecified atom stereocenters. The zero-order valence-corrected chi connectivity index (χ0v) is 10.5. The van der Waals surface area contributed by atoms with Gasteiger partial charge >= 0.3 is 6.18 Å². The Morgan fingerprint density at radius 3 is 2.95 bits per heavy atom. The summed E-state index contributed by atoms with van der Waals surface area (Å²) in [5, 5.41) is 6.63. The summed E-state index contributed by atoms with van der Waals surface area (Å²) >= 11 is 0. The highest BCUT2D eigenvalue weighted by molar-refractivity contribution is 5.63. The van der Waals surface area contributed by atoms with Crippen LogP contribution in [-0.4, -0.2) is 22.9 Å². The first-order chi connectivity index (χ1) is 9.51. The van der Waals surface area contributed by atoms with Gasteiger partial charge in [0.05, 0.1) is 0 Å². The number of aromatic nitrogens is 2. The van der Waals surface area contributed by atoms with Crippen molar-refractivity contribution in [3.05, 3.63) is 29.6 Å². The van der Waals surface area contributed by atoms with Gasteiger partial charge in [-0.2, -0.15) is 18.2 Å². The van der Waals surface area contributed by atoms with Gasteiger partial charge in [0.15, 0.2) is 5.82 Å². The molecule has 20 heavy (non-hydrogen) atoms. The molecular weight excluding hydrogens is 271 g/mol. The highest BCUT2D eigenvalue weighted by Gasteiger charge is 2.30. The summed E-state index contributed by atoms with van der Waals surface area (Å²) in [7, 11) is 0. The molecule has 1 aliphatic rings. The van der Waals surface area contributed by atoms with E-state index in [9.17, 15) is 13.2 Å². The topological polar surface area (TPSA) is 51.0 Å². The van der Waals surface area contributed by atoms with Crippen molar-refractivity contribution in [3.8, 4) is 11.5 Å². The highest BCUT2D eigenvalue weighted by Crippen LogP contribution is 2.28. The van der Waals surface area contributed by atoms with Crippen LogP contribution in [0.25, 0.3) is 11.5 Å². The summed E-state index contributed by atoms with van der Waals surface area (Å²) in [5.74, 6) is -0.221. The van der Waals surface area contributed by atoms with E-state index in [1.54, 1.807) is 6.07 Å². The third-order valence-corrected chi connectivity index (χ3v) is 3.12. The maximum Gasteiger partial charge on any atom is 0.396 e. The fourth-order valence-corrected chi connectivity index (χ4v) is 2.23. The van der Waals surface area contributed by atoms with Gasteiger partial charge in [0.1, 0.15) is 6.42 Å². The summed E-state index contributed by atoms with van der Waals surface area (Å²) in [4.78, 5) is 3.80. The predicted octanol–water partition coefficient (Wildman–Crippen LogP) is 3.20. The third-order valence-electron chi connectivity index (χ3n) is 3.12. The normalized spacial score (nSPS) is 14.8. The van der Waals surface area contributed by atoms with E-state index in [2.05, 4.69) is 15.5 Å². The Kier molecular flexibility index (Phi) is 3.11. The molecule has 0 amide bonds. The molecule has 0 saturated heterocycles. The fourth-order valence-electron chi connectivity index (χ4n) is 2.23. The largest absolute Gasteiger partial charge is 0.396 e. The molecule has 0 bridgehead atoms. The van der Waals surface area contributed by atoms with Crippen molar-refractivity contribution < 1.29 is 17.7 Å². The van der Waals surface area contributed by atoms with Crippen molar-refractivity contribution in [1.82, 2.24) is 10.1 Å². The number of rotatable bonds is 2. The molecule has 0 radical (unpaired) electrons. The van der Waals surface area contributed by atoms with Crippen molar-refractivity contribution in [2.45, 2.75) is 25.4 Å². The smallest absolute Gasteiger partial charge is 0.385 e. The number of fused-ring (bicyclic) bond motifs is 1. The van der Waals surface area contributed by atoms with Crippen molar-refractivity contribution in [1.29, 1.82) is 0 Å². The van der Waals surface area contributed by atoms with Gasteiger partial charge in [0.25, 0.3) is 5.89 Å². The minimum atomic E-state index is -4.33. The highest BCUT2D eigenvalue weighted by atomic mass is 19.4. The van der Waals surface area contributed by atoms with Gasteiger partial charge in [0.2, 0.25) is 0 Å². The van der Waals surface area contributed by atoms with Gasteiger partial charge in [-0.3, -0.25) is 0 Å². The van der Waals surface area contributed by atoms with Crippen LogP contribution in [0.5, 0.6) is 0 Å². The molecule has 1 aromatic heterocycles. The number of nitrogens with zero attached hydrogens (tertiary/aromatic N) is 2. The van der Waals surface area contributed by atoms with Crippen LogP contribution in [0.4, 0.5) is 18.9 Å². The van der Waals surface area contributed by atoms with E-state index in [4.69, 9.17) is 4.52 Å². The zero-order valence-electron chi connectivity index (χ0n) is 10.5. The minimum Gasteiger partial charge on any atom is -0.385 e. The van der Waals surface area contributed by atoms with E-state index in [1.165, 1.54) is 0 Å². The minimum absolute atomic E-state index is 0.123. The Balaban J connectivity index is 1.86. The molecule has 0 atom stereocenters. The number of alkyl halides is 3. The number of aryl methyl sites for hydroxylation is 1. The van der Waals surface area contributed by atoms with Crippen LogP contribution in [0.3, 0.4) is 0 Å². The molecular formula is C13H12F3N3O. The number of hydrogen-bond acceptors (Lipinski definition) is 4. The molecule has 1 aliphatic heterocycles. The van der Waals surface area contributed by atoms with Crippen LogP contribution < -0.4 is 5.32 Å². The second-order valence-electron chi connectivity index (χ2n) is 4.71. The van der Waals surface area contributed by atoms with Crippen LogP contribution in [0.1, 0.15) is 17.8 Å². The Labute approximate surface area is 113 Å². The van der Waals surface area contributed by atoms with E-state index >= 15 is 0 Å². The SMILES string of the molecule is FC(F)(F)Cc1noc(-c2ccc3c(c2)CCCN3)n1. The van der Waals surface area contributed by atoms with Crippen molar-refractivity contribution in [2.75, 3.05) is 11.9 Å². The van der Waals surface area contributed by atoms with Gasteiger partial charge < -0.3 is 9.84 Å². The average molecular weight is 283 g/mol. The summed E-state index contributed by atoms with van der Waals surface area (Å²) < 4.78 is 41.7. The monoisotopic (exact) mass is 283 g/mol. The van der Waals surface area contributed by atoms with Gasteiger partial charge in [-0.05, 0) is 36.6 Å².